The van der Waals surface area contributed by atoms with Gasteiger partial charge in [-0.15, -0.1) is 0 Å². The van der Waals surface area contributed by atoms with Gasteiger partial charge in [0, 0.05) is 13.1 Å². The molecule has 0 spiro atoms. The highest BCUT2D eigenvalue weighted by Crippen LogP contribution is 2.12. The molecule has 2 unspecified atom stereocenters. The summed E-state index contributed by atoms with van der Waals surface area (Å²) in [5, 5.41) is 6.06. The zero-order valence-corrected chi connectivity index (χ0v) is 15.9. The molecule has 0 aromatic heterocycles. The second-order valence-electron chi connectivity index (χ2n) is 7.54. The first-order chi connectivity index (χ1) is 10.5. The molecule has 0 fully saturated rings. The van der Waals surface area contributed by atoms with Crippen LogP contribution in [0.3, 0.4) is 0 Å². The molecule has 0 aliphatic carbocycles. The Kier molecular flexibility index (Phi) is 9.20. The van der Waals surface area contributed by atoms with Gasteiger partial charge in [-0.3, -0.25) is 4.79 Å². The summed E-state index contributed by atoms with van der Waals surface area (Å²) in [5.41, 5.74) is -0.511. The fourth-order valence-corrected chi connectivity index (χ4v) is 2.07. The zero-order chi connectivity index (χ0) is 18.2. The molecule has 0 radical (unpaired) electrons. The Bertz CT molecular complexity index is 375. The molecular weight excluding hydrogens is 296 g/mol. The van der Waals surface area contributed by atoms with Gasteiger partial charge in [-0.25, -0.2) is 4.79 Å². The number of alkyl carbamates (subject to hydrolysis) is 1. The smallest absolute Gasteiger partial charge is 0.407 e. The van der Waals surface area contributed by atoms with Crippen molar-refractivity contribution in [3.63, 3.8) is 0 Å². The molecule has 0 aromatic carbocycles. The highest BCUT2D eigenvalue weighted by atomic mass is 16.6. The summed E-state index contributed by atoms with van der Waals surface area (Å²) in [6.45, 7) is 14.7. The molecule has 6 nitrogen and oxygen atoms in total. The van der Waals surface area contributed by atoms with E-state index in [0.717, 1.165) is 0 Å². The lowest BCUT2D eigenvalue weighted by Crippen LogP contribution is -2.46. The van der Waals surface area contributed by atoms with Crippen LogP contribution in [0, 0.1) is 17.8 Å². The number of carbonyl (C=O) groups excluding carboxylic acids is 2. The van der Waals surface area contributed by atoms with E-state index in [-0.39, 0.29) is 23.8 Å². The molecule has 23 heavy (non-hydrogen) atoms. The van der Waals surface area contributed by atoms with Crippen molar-refractivity contribution in [1.29, 1.82) is 0 Å². The number of ether oxygens (including phenoxy) is 2. The molecule has 2 atom stereocenters. The summed E-state index contributed by atoms with van der Waals surface area (Å²) in [5.74, 6) is 0.410. The molecule has 0 bridgehead atoms. The lowest BCUT2D eigenvalue weighted by Gasteiger charge is -2.27. The van der Waals surface area contributed by atoms with E-state index in [2.05, 4.69) is 24.5 Å². The molecular formula is C17H34N2O4. The van der Waals surface area contributed by atoms with Gasteiger partial charge in [0.15, 0.2) is 0 Å². The molecule has 0 rings (SSSR count). The molecule has 136 valence electrons. The van der Waals surface area contributed by atoms with E-state index in [4.69, 9.17) is 9.47 Å². The number of amides is 1. The minimum absolute atomic E-state index is 0.133. The topological polar surface area (TPSA) is 76.7 Å². The Morgan fingerprint density at radius 2 is 1.57 bits per heavy atom. The maximum atomic E-state index is 11.8. The Hall–Kier alpha value is -1.30. The van der Waals surface area contributed by atoms with Crippen molar-refractivity contribution in [2.24, 2.45) is 17.8 Å². The van der Waals surface area contributed by atoms with Crippen LogP contribution in [0.2, 0.25) is 0 Å². The number of esters is 1. The second-order valence-corrected chi connectivity index (χ2v) is 7.54. The van der Waals surface area contributed by atoms with Crippen molar-refractivity contribution in [2.45, 2.75) is 60.1 Å². The van der Waals surface area contributed by atoms with E-state index < -0.39 is 11.7 Å². The summed E-state index contributed by atoms with van der Waals surface area (Å²) in [4.78, 5) is 23.5. The monoisotopic (exact) mass is 330 g/mol. The fraction of sp³-hybridized carbons (Fsp3) is 0.882. The largest absolute Gasteiger partial charge is 0.468 e. The molecule has 0 saturated heterocycles. The van der Waals surface area contributed by atoms with E-state index in [0.29, 0.717) is 19.0 Å². The van der Waals surface area contributed by atoms with Crippen LogP contribution in [-0.4, -0.2) is 43.9 Å². The summed E-state index contributed by atoms with van der Waals surface area (Å²) >= 11 is 0. The van der Waals surface area contributed by atoms with Crippen LogP contribution in [0.4, 0.5) is 4.79 Å². The number of hydrogen-bond acceptors (Lipinski definition) is 5. The molecule has 6 heteroatoms. The molecule has 0 aliphatic rings. The first kappa shape index (κ1) is 21.7. The summed E-state index contributed by atoms with van der Waals surface area (Å²) in [7, 11) is 1.39. The van der Waals surface area contributed by atoms with Gasteiger partial charge >= 0.3 is 12.1 Å². The fourth-order valence-electron chi connectivity index (χ4n) is 2.07. The third-order valence-corrected chi connectivity index (χ3v) is 3.57. The Labute approximate surface area is 140 Å². The van der Waals surface area contributed by atoms with Gasteiger partial charge in [-0.05, 0) is 38.5 Å². The van der Waals surface area contributed by atoms with Crippen molar-refractivity contribution in [3.05, 3.63) is 0 Å². The molecule has 0 aromatic rings. The lowest BCUT2D eigenvalue weighted by molar-refractivity contribution is -0.144. The van der Waals surface area contributed by atoms with E-state index in [1.54, 1.807) is 0 Å². The SMILES string of the molecule is COC(=O)C(NCC(CNC(=O)OC(C)(C)C)C(C)C)C(C)C. The van der Waals surface area contributed by atoms with Crippen molar-refractivity contribution >= 4 is 12.1 Å². The van der Waals surface area contributed by atoms with Crippen LogP contribution in [0.15, 0.2) is 0 Å². The van der Waals surface area contributed by atoms with Gasteiger partial charge in [0.05, 0.1) is 7.11 Å². The number of hydrogen-bond donors (Lipinski definition) is 2. The van der Waals surface area contributed by atoms with Crippen LogP contribution in [0.25, 0.3) is 0 Å². The van der Waals surface area contributed by atoms with Crippen molar-refractivity contribution in [2.75, 3.05) is 20.2 Å². The third-order valence-electron chi connectivity index (χ3n) is 3.57. The Morgan fingerprint density at radius 1 is 1.00 bits per heavy atom. The van der Waals surface area contributed by atoms with E-state index in [9.17, 15) is 9.59 Å². The average Bonchev–Trinajstić information content (AvgIpc) is 2.39. The van der Waals surface area contributed by atoms with Crippen LogP contribution in [-0.2, 0) is 14.3 Å². The second kappa shape index (κ2) is 9.75. The Balaban J connectivity index is 4.52. The van der Waals surface area contributed by atoms with Gasteiger partial charge in [0.25, 0.3) is 0 Å². The minimum atomic E-state index is -0.511. The Morgan fingerprint density at radius 3 is 1.96 bits per heavy atom. The number of methoxy groups -OCH3 is 1. The van der Waals surface area contributed by atoms with Crippen LogP contribution >= 0.6 is 0 Å². The third kappa shape index (κ3) is 9.43. The first-order valence-electron chi connectivity index (χ1n) is 8.26. The number of nitrogens with one attached hydrogen (secondary N) is 2. The molecule has 0 saturated carbocycles. The van der Waals surface area contributed by atoms with Crippen molar-refractivity contribution in [3.8, 4) is 0 Å². The minimum Gasteiger partial charge on any atom is -0.468 e. The predicted octanol–water partition coefficient (Wildman–Crippen LogP) is 2.57. The predicted molar refractivity (Wildman–Crippen MR) is 91.2 cm³/mol. The van der Waals surface area contributed by atoms with Crippen LogP contribution in [0.1, 0.15) is 48.5 Å². The van der Waals surface area contributed by atoms with Crippen molar-refractivity contribution in [1.82, 2.24) is 10.6 Å². The van der Waals surface area contributed by atoms with Crippen LogP contribution in [0.5, 0.6) is 0 Å². The van der Waals surface area contributed by atoms with E-state index in [1.807, 2.05) is 34.6 Å². The normalized spacial score (nSPS) is 14.5. The quantitative estimate of drug-likeness (QED) is 0.669. The molecule has 0 heterocycles. The maximum absolute atomic E-state index is 11.8. The highest BCUT2D eigenvalue weighted by Gasteiger charge is 2.25. The summed E-state index contributed by atoms with van der Waals surface area (Å²) in [6, 6.07) is -0.345. The standard InChI is InChI=1S/C17H34N2O4/c1-11(2)13(10-19-16(21)23-17(5,6)7)9-18-14(12(3)4)15(20)22-8/h11-14,18H,9-10H2,1-8H3,(H,19,21). The highest BCUT2D eigenvalue weighted by molar-refractivity contribution is 5.75. The van der Waals surface area contributed by atoms with E-state index in [1.165, 1.54) is 7.11 Å². The molecule has 0 aliphatic heterocycles. The number of carbonyl (C=O) groups is 2. The van der Waals surface area contributed by atoms with E-state index >= 15 is 0 Å². The van der Waals surface area contributed by atoms with Gasteiger partial charge in [0.2, 0.25) is 0 Å². The average molecular weight is 330 g/mol. The van der Waals surface area contributed by atoms with Gasteiger partial charge < -0.3 is 20.1 Å². The molecule has 1 amide bonds. The zero-order valence-electron chi connectivity index (χ0n) is 15.9. The summed E-state index contributed by atoms with van der Waals surface area (Å²) in [6.07, 6.45) is -0.420. The van der Waals surface area contributed by atoms with Crippen molar-refractivity contribution < 1.29 is 19.1 Å². The number of rotatable bonds is 8. The van der Waals surface area contributed by atoms with Gasteiger partial charge in [-0.1, -0.05) is 27.7 Å². The van der Waals surface area contributed by atoms with Gasteiger partial charge in [0.1, 0.15) is 11.6 Å². The van der Waals surface area contributed by atoms with Gasteiger partial charge in [-0.2, -0.15) is 0 Å². The molecule has 2 N–H and O–H groups in total. The van der Waals surface area contributed by atoms with Crippen LogP contribution < -0.4 is 10.6 Å². The lowest BCUT2D eigenvalue weighted by atomic mass is 9.94. The maximum Gasteiger partial charge on any atom is 0.407 e. The first-order valence-corrected chi connectivity index (χ1v) is 8.26. The summed E-state index contributed by atoms with van der Waals surface area (Å²) < 4.78 is 10.1.